The Morgan fingerprint density at radius 3 is 2.47 bits per heavy atom. The molecular weight excluding hydrogens is 711 g/mol. The fraction of sp³-hybridized carbons (Fsp3) is 0.185. The van der Waals surface area contributed by atoms with Gasteiger partial charge in [-0.3, -0.25) is 0 Å². The van der Waals surface area contributed by atoms with Crippen LogP contribution in [0.1, 0.15) is 67.6 Å². The molecule has 1 aromatic heterocycles. The van der Waals surface area contributed by atoms with Crippen LogP contribution in [-0.2, 0) is 0 Å². The molecule has 3 unspecified atom stereocenters. The van der Waals surface area contributed by atoms with Gasteiger partial charge in [0.2, 0.25) is 0 Å². The van der Waals surface area contributed by atoms with Gasteiger partial charge in [-0.1, -0.05) is 134 Å². The van der Waals surface area contributed by atoms with Gasteiger partial charge in [0.05, 0.1) is 4.53 Å². The number of rotatable bonds is 7. The topological polar surface area (TPSA) is 12.5 Å². The first kappa shape index (κ1) is 34.4. The highest BCUT2D eigenvalue weighted by molar-refractivity contribution is 7.17. The van der Waals surface area contributed by atoms with E-state index in [4.69, 9.17) is 4.74 Å². The minimum atomic E-state index is 0.0621. The summed E-state index contributed by atoms with van der Waals surface area (Å²) in [5.74, 6) is 1.62. The molecule has 0 fully saturated rings. The first-order valence-electron chi connectivity index (χ1n) is 20.8. The molecule has 278 valence electrons. The van der Waals surface area contributed by atoms with Crippen LogP contribution in [0.3, 0.4) is 0 Å². The number of fused-ring (bicyclic) bond motifs is 6. The Balaban J connectivity index is 1.05. The largest absolute Gasteiger partial charge is 0.485 e. The highest BCUT2D eigenvalue weighted by Gasteiger charge is 2.34. The maximum absolute atomic E-state index is 6.45. The highest BCUT2D eigenvalue weighted by Crippen LogP contribution is 2.44. The standard InChI is InChI=1S/C54H45NOS/c1-4-14-36(15-5-1)41-32-42(37-16-6-2-7-17-37)34-44(33-41)55(43-29-26-38(27-30-43)40-28-31-47-46-20-10-11-25-51(46)56-52(47)35-40)50-24-13-23-49-48-22-12-21-45(53(48)57-54(49)50)39-18-8-3-9-19-39/h1,3-4,6,8-12,14,16-23,25-26,28-35,38,47,52H,2,5,7,13,15,24,27H2. The van der Waals surface area contributed by atoms with E-state index in [9.17, 15) is 0 Å². The van der Waals surface area contributed by atoms with Crippen LogP contribution < -0.4 is 19.4 Å². The van der Waals surface area contributed by atoms with Crippen molar-refractivity contribution in [3.63, 3.8) is 0 Å². The summed E-state index contributed by atoms with van der Waals surface area (Å²) in [5.41, 5.74) is 14.5. The Morgan fingerprint density at radius 2 is 1.61 bits per heavy atom. The van der Waals surface area contributed by atoms with Gasteiger partial charge in [-0.15, -0.1) is 11.3 Å². The molecule has 0 spiro atoms. The smallest absolute Gasteiger partial charge is 0.128 e. The zero-order chi connectivity index (χ0) is 37.7. The molecule has 0 radical (unpaired) electrons. The van der Waals surface area contributed by atoms with E-state index in [1.807, 2.05) is 11.3 Å². The molecule has 3 atom stereocenters. The molecular formula is C54H45NOS. The third-order valence-electron chi connectivity index (χ3n) is 12.5. The lowest BCUT2D eigenvalue weighted by atomic mass is 9.83. The summed E-state index contributed by atoms with van der Waals surface area (Å²) in [6.07, 6.45) is 38.2. The highest BCUT2D eigenvalue weighted by atomic mass is 32.1. The average Bonchev–Trinajstić information content (AvgIpc) is 3.86. The van der Waals surface area contributed by atoms with Gasteiger partial charge >= 0.3 is 0 Å². The van der Waals surface area contributed by atoms with Gasteiger partial charge in [-0.2, -0.15) is 0 Å². The number of nitrogens with zero attached hydrogens (tertiary/aromatic N) is 1. The fourth-order valence-electron chi connectivity index (χ4n) is 9.64. The van der Waals surface area contributed by atoms with Crippen molar-refractivity contribution >= 4 is 50.0 Å². The summed E-state index contributed by atoms with van der Waals surface area (Å²) in [7, 11) is 0. The summed E-state index contributed by atoms with van der Waals surface area (Å²) in [4.78, 5) is 2.63. The molecule has 0 saturated heterocycles. The first-order chi connectivity index (χ1) is 28.2. The SMILES string of the molecule is C1=CCCC(c2cc(C3=CCCC=C3)cc(N(C3=CCC(C4=CC5Oc6ccccc6C5C=C4)C=C3)C3=c4sc5c(-c6ccccc6)cccc5c4=CCC3)c2)=C1. The zero-order valence-electron chi connectivity index (χ0n) is 32.1. The molecule has 0 amide bonds. The molecule has 1 aliphatic heterocycles. The van der Waals surface area contributed by atoms with E-state index in [1.165, 1.54) is 81.5 Å². The van der Waals surface area contributed by atoms with Crippen LogP contribution >= 0.6 is 11.3 Å². The third kappa shape index (κ3) is 6.26. The summed E-state index contributed by atoms with van der Waals surface area (Å²) < 4.78 is 9.21. The molecule has 5 aromatic rings. The van der Waals surface area contributed by atoms with Gasteiger partial charge in [-0.25, -0.2) is 0 Å². The minimum absolute atomic E-state index is 0.0621. The number of anilines is 1. The van der Waals surface area contributed by atoms with Crippen molar-refractivity contribution in [2.45, 2.75) is 57.0 Å². The van der Waals surface area contributed by atoms with E-state index in [0.29, 0.717) is 11.8 Å². The van der Waals surface area contributed by atoms with E-state index in [1.54, 1.807) is 0 Å². The number of ether oxygens (including phenoxy) is 1. The Kier molecular flexibility index (Phi) is 8.77. The summed E-state index contributed by atoms with van der Waals surface area (Å²) in [5, 5.41) is 2.75. The average molecular weight is 756 g/mol. The normalized spacial score (nSPS) is 21.8. The minimum Gasteiger partial charge on any atom is -0.485 e. The first-order valence-corrected chi connectivity index (χ1v) is 21.6. The molecule has 2 heterocycles. The maximum atomic E-state index is 6.45. The van der Waals surface area contributed by atoms with Gasteiger partial charge in [0.25, 0.3) is 0 Å². The van der Waals surface area contributed by atoms with Crippen molar-refractivity contribution in [3.8, 4) is 16.9 Å². The van der Waals surface area contributed by atoms with Crippen LogP contribution in [0.4, 0.5) is 5.69 Å². The van der Waals surface area contributed by atoms with Crippen LogP contribution in [0.2, 0.25) is 0 Å². The van der Waals surface area contributed by atoms with E-state index in [-0.39, 0.29) is 6.10 Å². The lowest BCUT2D eigenvalue weighted by Crippen LogP contribution is -2.34. The molecule has 0 N–H and O–H groups in total. The van der Waals surface area contributed by atoms with E-state index < -0.39 is 0 Å². The van der Waals surface area contributed by atoms with E-state index >= 15 is 0 Å². The van der Waals surface area contributed by atoms with Gasteiger partial charge in [-0.05, 0) is 126 Å². The summed E-state index contributed by atoms with van der Waals surface area (Å²) >= 11 is 1.97. The number of allylic oxidation sites excluding steroid dienone is 13. The van der Waals surface area contributed by atoms with Crippen molar-refractivity contribution in [2.24, 2.45) is 5.92 Å². The lowest BCUT2D eigenvalue weighted by molar-refractivity contribution is 0.267. The maximum Gasteiger partial charge on any atom is 0.128 e. The number of para-hydroxylation sites is 1. The zero-order valence-corrected chi connectivity index (χ0v) is 32.9. The van der Waals surface area contributed by atoms with Gasteiger partial charge in [0.15, 0.2) is 0 Å². The second-order valence-electron chi connectivity index (χ2n) is 16.0. The summed E-state index contributed by atoms with van der Waals surface area (Å²) in [6.45, 7) is 0. The second-order valence-corrected chi connectivity index (χ2v) is 17.0. The van der Waals surface area contributed by atoms with Gasteiger partial charge in [0.1, 0.15) is 11.9 Å². The van der Waals surface area contributed by atoms with Crippen LogP contribution in [0.5, 0.6) is 5.75 Å². The van der Waals surface area contributed by atoms with Crippen molar-refractivity contribution in [3.05, 3.63) is 202 Å². The Labute approximate surface area is 339 Å². The molecule has 0 bridgehead atoms. The van der Waals surface area contributed by atoms with Crippen LogP contribution in [0, 0.1) is 5.92 Å². The molecule has 2 nitrogen and oxygen atoms in total. The predicted molar refractivity (Wildman–Crippen MR) is 241 cm³/mol. The fourth-order valence-corrected chi connectivity index (χ4v) is 11.0. The van der Waals surface area contributed by atoms with Crippen molar-refractivity contribution in [1.29, 1.82) is 0 Å². The number of hydrogen-bond acceptors (Lipinski definition) is 3. The molecule has 5 aliphatic carbocycles. The molecule has 4 aromatic carbocycles. The Hall–Kier alpha value is -5.90. The molecule has 6 aliphatic rings. The van der Waals surface area contributed by atoms with Crippen molar-refractivity contribution in [1.82, 2.24) is 0 Å². The molecule has 11 rings (SSSR count). The lowest BCUT2D eigenvalue weighted by Gasteiger charge is -2.33. The van der Waals surface area contributed by atoms with Crippen molar-refractivity contribution in [2.75, 3.05) is 4.90 Å². The predicted octanol–water partition coefficient (Wildman–Crippen LogP) is 12.7. The second kappa shape index (κ2) is 14.6. The van der Waals surface area contributed by atoms with E-state index in [0.717, 1.165) is 50.7 Å². The number of benzene rings is 4. The number of thiophene rings is 1. The van der Waals surface area contributed by atoms with Gasteiger partial charge < -0.3 is 9.64 Å². The monoisotopic (exact) mass is 755 g/mol. The Morgan fingerprint density at radius 1 is 0.702 bits per heavy atom. The van der Waals surface area contributed by atoms with Crippen molar-refractivity contribution < 1.29 is 4.74 Å². The van der Waals surface area contributed by atoms with Crippen LogP contribution in [-0.4, -0.2) is 6.10 Å². The molecule has 3 heteroatoms. The van der Waals surface area contributed by atoms with Crippen LogP contribution in [0.25, 0.3) is 44.1 Å². The molecule has 0 saturated carbocycles. The van der Waals surface area contributed by atoms with E-state index in [2.05, 4.69) is 175 Å². The number of hydrogen-bond donors (Lipinski definition) is 0. The Bertz CT molecular complexity index is 2820. The van der Waals surface area contributed by atoms with Gasteiger partial charge in [0, 0.05) is 44.6 Å². The van der Waals surface area contributed by atoms with Crippen LogP contribution in [0.15, 0.2) is 175 Å². The third-order valence-corrected chi connectivity index (χ3v) is 13.8. The summed E-state index contributed by atoms with van der Waals surface area (Å²) in [6, 6.07) is 33.6. The quantitative estimate of drug-likeness (QED) is 0.164. The molecule has 57 heavy (non-hydrogen) atoms.